The minimum atomic E-state index is -0.127. The molecule has 0 aliphatic heterocycles. The number of aliphatic hydroxyl groups is 1. The smallest absolute Gasteiger partial charge is 0.224 e. The maximum Gasteiger partial charge on any atom is 0.224 e. The summed E-state index contributed by atoms with van der Waals surface area (Å²) in [6, 6.07) is 11.4. The number of hydrogen-bond donors (Lipinski definition) is 3. The number of rotatable bonds is 9. The predicted molar refractivity (Wildman–Crippen MR) is 140 cm³/mol. The molecule has 11 heteroatoms. The van der Waals surface area contributed by atoms with Crippen LogP contribution in [0.2, 0.25) is 5.02 Å². The number of amides is 1. The van der Waals surface area contributed by atoms with Crippen molar-refractivity contribution in [2.75, 3.05) is 18.5 Å². The van der Waals surface area contributed by atoms with E-state index in [9.17, 15) is 4.79 Å². The van der Waals surface area contributed by atoms with Gasteiger partial charge in [0.2, 0.25) is 5.91 Å². The van der Waals surface area contributed by atoms with Crippen LogP contribution in [0.4, 0.5) is 11.5 Å². The molecule has 35 heavy (non-hydrogen) atoms. The number of nitrogens with zero attached hydrogens (tertiary/aromatic N) is 3. The van der Waals surface area contributed by atoms with Gasteiger partial charge in [-0.3, -0.25) is 4.79 Å². The van der Waals surface area contributed by atoms with E-state index < -0.39 is 0 Å². The third kappa shape index (κ3) is 5.35. The molecule has 1 amide bonds. The van der Waals surface area contributed by atoms with Gasteiger partial charge in [-0.15, -0.1) is 22.7 Å². The highest BCUT2D eigenvalue weighted by atomic mass is 35.5. The van der Waals surface area contributed by atoms with Gasteiger partial charge in [-0.1, -0.05) is 23.7 Å². The molecule has 0 aliphatic rings. The second-order valence-electron chi connectivity index (χ2n) is 7.62. The van der Waals surface area contributed by atoms with E-state index in [4.69, 9.17) is 21.4 Å². The minimum Gasteiger partial charge on any atom is -0.486 e. The molecule has 3 heterocycles. The van der Waals surface area contributed by atoms with Crippen LogP contribution in [0.3, 0.4) is 0 Å². The van der Waals surface area contributed by atoms with Gasteiger partial charge in [0, 0.05) is 27.7 Å². The van der Waals surface area contributed by atoms with Crippen molar-refractivity contribution in [2.24, 2.45) is 0 Å². The Morgan fingerprint density at radius 2 is 2.06 bits per heavy atom. The summed E-state index contributed by atoms with van der Waals surface area (Å²) in [5.74, 6) is 1.12. The summed E-state index contributed by atoms with van der Waals surface area (Å²) >= 11 is 9.52. The van der Waals surface area contributed by atoms with Crippen molar-refractivity contribution in [2.45, 2.75) is 13.0 Å². The zero-order valence-corrected chi connectivity index (χ0v) is 20.7. The lowest BCUT2D eigenvalue weighted by molar-refractivity contribution is -0.120. The molecule has 178 valence electrons. The highest BCUT2D eigenvalue weighted by molar-refractivity contribution is 7.25. The van der Waals surface area contributed by atoms with Crippen LogP contribution in [0.25, 0.3) is 20.3 Å². The highest BCUT2D eigenvalue weighted by Crippen LogP contribution is 2.38. The Morgan fingerprint density at radius 1 is 1.14 bits per heavy atom. The Kier molecular flexibility index (Phi) is 7.05. The number of hydrogen-bond acceptors (Lipinski definition) is 9. The summed E-state index contributed by atoms with van der Waals surface area (Å²) < 4.78 is 6.80. The maximum absolute atomic E-state index is 12.0. The average molecular weight is 526 g/mol. The molecular formula is C24H20ClN5O3S2. The standard InChI is InChI=1S/C24H20ClN5O3S2/c25-18-9-15(2-4-19(18)33-10-16-11-34-13-29-16)30-23-22-17-3-1-14(8-21(32)26-5-6-31)7-20(17)35-24(22)28-12-27-23/h1-4,7,9,11-13,31H,5-6,8,10H2,(H,26,32)(H,27,28,30). The van der Waals surface area contributed by atoms with Crippen molar-refractivity contribution in [1.82, 2.24) is 20.3 Å². The summed E-state index contributed by atoms with van der Waals surface area (Å²) in [6.45, 7) is 0.523. The first-order chi connectivity index (χ1) is 17.1. The summed E-state index contributed by atoms with van der Waals surface area (Å²) in [4.78, 5) is 26.0. The molecule has 8 nitrogen and oxygen atoms in total. The number of anilines is 2. The number of aromatic nitrogens is 3. The normalized spacial score (nSPS) is 11.1. The number of aliphatic hydroxyl groups excluding tert-OH is 1. The largest absolute Gasteiger partial charge is 0.486 e. The molecule has 0 spiro atoms. The second-order valence-corrected chi connectivity index (χ2v) is 9.78. The summed E-state index contributed by atoms with van der Waals surface area (Å²) in [6.07, 6.45) is 1.77. The second kappa shape index (κ2) is 10.5. The van der Waals surface area contributed by atoms with E-state index in [1.165, 1.54) is 17.7 Å². The lowest BCUT2D eigenvalue weighted by atomic mass is 10.1. The zero-order chi connectivity index (χ0) is 24.2. The van der Waals surface area contributed by atoms with Crippen LogP contribution >= 0.6 is 34.3 Å². The molecule has 0 bridgehead atoms. The number of carbonyl (C=O) groups is 1. The number of nitrogens with one attached hydrogen (secondary N) is 2. The maximum atomic E-state index is 12.0. The third-order valence-corrected chi connectivity index (χ3v) is 7.18. The van der Waals surface area contributed by atoms with Gasteiger partial charge >= 0.3 is 0 Å². The molecule has 3 aromatic heterocycles. The average Bonchev–Trinajstić information content (AvgIpc) is 3.50. The van der Waals surface area contributed by atoms with Crippen LogP contribution < -0.4 is 15.4 Å². The fraction of sp³-hybridized carbons (Fsp3) is 0.167. The van der Waals surface area contributed by atoms with E-state index in [0.717, 1.165) is 37.2 Å². The van der Waals surface area contributed by atoms with E-state index in [-0.39, 0.29) is 25.5 Å². The Bertz CT molecular complexity index is 1490. The van der Waals surface area contributed by atoms with Gasteiger partial charge in [-0.2, -0.15) is 0 Å². The molecule has 3 N–H and O–H groups in total. The molecule has 5 aromatic rings. The van der Waals surface area contributed by atoms with Gasteiger partial charge < -0.3 is 20.5 Å². The van der Waals surface area contributed by atoms with E-state index in [2.05, 4.69) is 25.6 Å². The van der Waals surface area contributed by atoms with Crippen molar-refractivity contribution in [3.63, 3.8) is 0 Å². The predicted octanol–water partition coefficient (Wildman–Crippen LogP) is 4.93. The van der Waals surface area contributed by atoms with Gasteiger partial charge in [0.25, 0.3) is 0 Å². The number of ether oxygens (including phenoxy) is 1. The molecule has 0 aliphatic carbocycles. The van der Waals surface area contributed by atoms with Crippen LogP contribution in [0.5, 0.6) is 5.75 Å². The number of benzene rings is 2. The molecule has 0 radical (unpaired) electrons. The summed E-state index contributed by atoms with van der Waals surface area (Å²) in [7, 11) is 0. The van der Waals surface area contributed by atoms with Gasteiger partial charge in [0.05, 0.1) is 34.6 Å². The quantitative estimate of drug-likeness (QED) is 0.250. The number of halogens is 1. The van der Waals surface area contributed by atoms with Crippen molar-refractivity contribution in [3.05, 3.63) is 69.9 Å². The van der Waals surface area contributed by atoms with Crippen LogP contribution in [0.1, 0.15) is 11.3 Å². The fourth-order valence-electron chi connectivity index (χ4n) is 3.59. The van der Waals surface area contributed by atoms with Gasteiger partial charge in [-0.05, 0) is 29.8 Å². The van der Waals surface area contributed by atoms with Crippen molar-refractivity contribution in [3.8, 4) is 5.75 Å². The molecule has 0 unspecified atom stereocenters. The third-order valence-electron chi connectivity index (χ3n) is 5.19. The highest BCUT2D eigenvalue weighted by Gasteiger charge is 2.14. The molecular weight excluding hydrogens is 506 g/mol. The topological polar surface area (TPSA) is 109 Å². The van der Waals surface area contributed by atoms with E-state index in [0.29, 0.717) is 23.2 Å². The summed E-state index contributed by atoms with van der Waals surface area (Å²) in [5, 5.41) is 19.2. The van der Waals surface area contributed by atoms with Crippen molar-refractivity contribution >= 4 is 72.0 Å². The fourth-order valence-corrected chi connectivity index (χ4v) is 5.48. The Labute approximate surface area is 213 Å². The minimum absolute atomic E-state index is 0.0803. The van der Waals surface area contributed by atoms with Crippen LogP contribution in [-0.2, 0) is 17.8 Å². The SMILES string of the molecule is O=C(Cc1ccc2c(c1)sc1ncnc(Nc3ccc(OCc4cscn4)c(Cl)c3)c12)NCCO. The lowest BCUT2D eigenvalue weighted by Crippen LogP contribution is -2.27. The Hall–Kier alpha value is -3.31. The number of fused-ring (bicyclic) bond motifs is 3. The monoisotopic (exact) mass is 525 g/mol. The van der Waals surface area contributed by atoms with Crippen LogP contribution in [-0.4, -0.2) is 39.1 Å². The summed E-state index contributed by atoms with van der Waals surface area (Å²) in [5.41, 5.74) is 4.28. The Balaban J connectivity index is 1.37. The van der Waals surface area contributed by atoms with Crippen molar-refractivity contribution in [1.29, 1.82) is 0 Å². The van der Waals surface area contributed by atoms with E-state index in [1.54, 1.807) is 22.9 Å². The van der Waals surface area contributed by atoms with Crippen molar-refractivity contribution < 1.29 is 14.6 Å². The van der Waals surface area contributed by atoms with Gasteiger partial charge in [0.1, 0.15) is 29.3 Å². The van der Waals surface area contributed by atoms with E-state index >= 15 is 0 Å². The van der Waals surface area contributed by atoms with E-state index in [1.807, 2.05) is 35.7 Å². The van der Waals surface area contributed by atoms with Gasteiger partial charge in [-0.25, -0.2) is 15.0 Å². The number of thiazole rings is 1. The number of carbonyl (C=O) groups excluding carboxylic acids is 1. The molecule has 0 saturated carbocycles. The number of thiophene rings is 1. The first-order valence-electron chi connectivity index (χ1n) is 10.7. The molecule has 2 aromatic carbocycles. The molecule has 0 atom stereocenters. The molecule has 5 rings (SSSR count). The first kappa shape index (κ1) is 23.4. The lowest BCUT2D eigenvalue weighted by Gasteiger charge is -2.11. The molecule has 0 saturated heterocycles. The Morgan fingerprint density at radius 3 is 2.86 bits per heavy atom. The van der Waals surface area contributed by atoms with Crippen LogP contribution in [0, 0.1) is 0 Å². The zero-order valence-electron chi connectivity index (χ0n) is 18.3. The molecule has 0 fully saturated rings. The first-order valence-corrected chi connectivity index (χ1v) is 12.8. The van der Waals surface area contributed by atoms with Crippen LogP contribution in [0.15, 0.2) is 53.6 Å². The van der Waals surface area contributed by atoms with Gasteiger partial charge in [0.15, 0.2) is 0 Å².